The SMILES string of the molecule is Cc1ccc(C)c(NC(=O)CC(=O)NCCc2nnc(N)s2)c1. The Kier molecular flexibility index (Phi) is 5.64. The van der Waals surface area contributed by atoms with Gasteiger partial charge >= 0.3 is 0 Å². The zero-order chi connectivity index (χ0) is 16.8. The fourth-order valence-electron chi connectivity index (χ4n) is 1.95. The first-order chi connectivity index (χ1) is 10.9. The van der Waals surface area contributed by atoms with Gasteiger partial charge in [-0.25, -0.2) is 0 Å². The van der Waals surface area contributed by atoms with Crippen LogP contribution in [0.25, 0.3) is 0 Å². The van der Waals surface area contributed by atoms with Crippen LogP contribution in [0.15, 0.2) is 18.2 Å². The maximum absolute atomic E-state index is 11.9. The van der Waals surface area contributed by atoms with Crippen molar-refractivity contribution < 1.29 is 9.59 Å². The topological polar surface area (TPSA) is 110 Å². The maximum atomic E-state index is 11.9. The van der Waals surface area contributed by atoms with Gasteiger partial charge in [0.15, 0.2) is 0 Å². The van der Waals surface area contributed by atoms with Gasteiger partial charge in [0.25, 0.3) is 0 Å². The Balaban J connectivity index is 1.76. The zero-order valence-electron chi connectivity index (χ0n) is 13.0. The summed E-state index contributed by atoms with van der Waals surface area (Å²) in [5.41, 5.74) is 8.21. The third kappa shape index (κ3) is 5.33. The molecular weight excluding hydrogens is 314 g/mol. The zero-order valence-corrected chi connectivity index (χ0v) is 13.9. The maximum Gasteiger partial charge on any atom is 0.233 e. The van der Waals surface area contributed by atoms with Crippen molar-refractivity contribution >= 4 is 34.0 Å². The second-order valence-corrected chi connectivity index (χ2v) is 6.27. The molecule has 23 heavy (non-hydrogen) atoms. The molecule has 0 aliphatic heterocycles. The smallest absolute Gasteiger partial charge is 0.233 e. The fraction of sp³-hybridized carbons (Fsp3) is 0.333. The molecule has 4 N–H and O–H groups in total. The van der Waals surface area contributed by atoms with Crippen LogP contribution in [0.5, 0.6) is 0 Å². The van der Waals surface area contributed by atoms with Crippen molar-refractivity contribution in [1.82, 2.24) is 15.5 Å². The monoisotopic (exact) mass is 333 g/mol. The number of carbonyl (C=O) groups is 2. The second-order valence-electron chi connectivity index (χ2n) is 5.18. The van der Waals surface area contributed by atoms with E-state index in [1.165, 1.54) is 11.3 Å². The van der Waals surface area contributed by atoms with Crippen LogP contribution in [0.4, 0.5) is 10.8 Å². The summed E-state index contributed by atoms with van der Waals surface area (Å²) in [4.78, 5) is 23.7. The first kappa shape index (κ1) is 16.9. The van der Waals surface area contributed by atoms with Gasteiger partial charge in [-0.2, -0.15) is 0 Å². The molecule has 0 bridgehead atoms. The summed E-state index contributed by atoms with van der Waals surface area (Å²) in [7, 11) is 0. The molecule has 0 fully saturated rings. The lowest BCUT2D eigenvalue weighted by Crippen LogP contribution is -2.29. The van der Waals surface area contributed by atoms with Crippen LogP contribution in [-0.2, 0) is 16.0 Å². The molecule has 0 aliphatic carbocycles. The molecular formula is C15H19N5O2S. The minimum absolute atomic E-state index is 0.217. The van der Waals surface area contributed by atoms with Crippen LogP contribution in [0, 0.1) is 13.8 Å². The second kappa shape index (κ2) is 7.68. The van der Waals surface area contributed by atoms with Crippen molar-refractivity contribution in [3.05, 3.63) is 34.3 Å². The number of aryl methyl sites for hydroxylation is 2. The molecule has 1 heterocycles. The molecule has 1 aromatic carbocycles. The van der Waals surface area contributed by atoms with E-state index in [1.54, 1.807) is 0 Å². The number of nitrogens with one attached hydrogen (secondary N) is 2. The molecule has 0 unspecified atom stereocenters. The largest absolute Gasteiger partial charge is 0.374 e. The predicted molar refractivity (Wildman–Crippen MR) is 90.2 cm³/mol. The van der Waals surface area contributed by atoms with E-state index in [2.05, 4.69) is 20.8 Å². The number of hydrogen-bond donors (Lipinski definition) is 3. The van der Waals surface area contributed by atoms with E-state index in [4.69, 9.17) is 5.73 Å². The van der Waals surface area contributed by atoms with E-state index in [-0.39, 0.29) is 18.2 Å². The molecule has 122 valence electrons. The molecule has 0 saturated carbocycles. The summed E-state index contributed by atoms with van der Waals surface area (Å²) in [6.45, 7) is 4.25. The molecule has 0 atom stereocenters. The lowest BCUT2D eigenvalue weighted by atomic mass is 10.1. The van der Waals surface area contributed by atoms with E-state index >= 15 is 0 Å². The van der Waals surface area contributed by atoms with Crippen molar-refractivity contribution in [3.8, 4) is 0 Å². The summed E-state index contributed by atoms with van der Waals surface area (Å²) in [6.07, 6.45) is 0.324. The Morgan fingerprint density at radius 1 is 1.22 bits per heavy atom. The normalized spacial score (nSPS) is 10.3. The fourth-order valence-corrected chi connectivity index (χ4v) is 2.56. The van der Waals surface area contributed by atoms with Crippen molar-refractivity contribution in [3.63, 3.8) is 0 Å². The van der Waals surface area contributed by atoms with Gasteiger partial charge in [-0.15, -0.1) is 10.2 Å². The van der Waals surface area contributed by atoms with Gasteiger partial charge in [0.05, 0.1) is 0 Å². The van der Waals surface area contributed by atoms with Crippen LogP contribution < -0.4 is 16.4 Å². The Bertz CT molecular complexity index is 714. The number of rotatable bonds is 6. The van der Waals surface area contributed by atoms with Crippen molar-refractivity contribution in [2.45, 2.75) is 26.7 Å². The van der Waals surface area contributed by atoms with Gasteiger partial charge in [0.1, 0.15) is 11.4 Å². The Labute approximate surface area is 138 Å². The number of nitrogens with two attached hydrogens (primary N) is 1. The lowest BCUT2D eigenvalue weighted by molar-refractivity contribution is -0.126. The molecule has 0 saturated heterocycles. The van der Waals surface area contributed by atoms with Crippen molar-refractivity contribution in [2.75, 3.05) is 17.6 Å². The third-order valence-electron chi connectivity index (χ3n) is 3.13. The minimum Gasteiger partial charge on any atom is -0.374 e. The predicted octanol–water partition coefficient (Wildman–Crippen LogP) is 1.42. The Morgan fingerprint density at radius 2 is 2.00 bits per heavy atom. The summed E-state index contributed by atoms with van der Waals surface area (Å²) in [6, 6.07) is 5.78. The number of amides is 2. The van der Waals surface area contributed by atoms with Crippen molar-refractivity contribution in [1.29, 1.82) is 0 Å². The van der Waals surface area contributed by atoms with E-state index in [0.717, 1.165) is 21.8 Å². The number of anilines is 2. The van der Waals surface area contributed by atoms with Gasteiger partial charge in [0, 0.05) is 18.7 Å². The van der Waals surface area contributed by atoms with Crippen molar-refractivity contribution in [2.24, 2.45) is 0 Å². The van der Waals surface area contributed by atoms with Crippen LogP contribution in [0.3, 0.4) is 0 Å². The molecule has 0 spiro atoms. The van der Waals surface area contributed by atoms with E-state index in [1.807, 2.05) is 32.0 Å². The van der Waals surface area contributed by atoms with E-state index < -0.39 is 0 Å². The molecule has 2 amide bonds. The highest BCUT2D eigenvalue weighted by Crippen LogP contribution is 2.16. The molecule has 1 aromatic heterocycles. The number of benzene rings is 1. The molecule has 0 aliphatic rings. The molecule has 2 aromatic rings. The van der Waals surface area contributed by atoms with Crippen LogP contribution >= 0.6 is 11.3 Å². The number of carbonyl (C=O) groups excluding carboxylic acids is 2. The molecule has 7 nitrogen and oxygen atoms in total. The number of hydrogen-bond acceptors (Lipinski definition) is 6. The molecule has 2 rings (SSSR count). The highest BCUT2D eigenvalue weighted by molar-refractivity contribution is 7.15. The minimum atomic E-state index is -0.337. The van der Waals surface area contributed by atoms with Gasteiger partial charge in [-0.1, -0.05) is 23.5 Å². The van der Waals surface area contributed by atoms with Gasteiger partial charge in [-0.3, -0.25) is 9.59 Å². The third-order valence-corrected chi connectivity index (χ3v) is 3.94. The van der Waals surface area contributed by atoms with Gasteiger partial charge in [0.2, 0.25) is 16.9 Å². The van der Waals surface area contributed by atoms with Gasteiger partial charge < -0.3 is 16.4 Å². The first-order valence-electron chi connectivity index (χ1n) is 7.15. The van der Waals surface area contributed by atoms with E-state index in [0.29, 0.717) is 18.1 Å². The summed E-state index contributed by atoms with van der Waals surface area (Å²) in [5, 5.41) is 14.1. The first-order valence-corrected chi connectivity index (χ1v) is 7.97. The highest BCUT2D eigenvalue weighted by Gasteiger charge is 2.11. The summed E-state index contributed by atoms with van der Waals surface area (Å²) < 4.78 is 0. The summed E-state index contributed by atoms with van der Waals surface area (Å²) in [5.74, 6) is -0.665. The average Bonchev–Trinajstić information content (AvgIpc) is 2.88. The average molecular weight is 333 g/mol. The standard InChI is InChI=1S/C15H19N5O2S/c1-9-3-4-10(2)11(7-9)18-13(22)8-12(21)17-6-5-14-19-20-15(16)23-14/h3-4,7H,5-6,8H2,1-2H3,(H2,16,20)(H,17,21)(H,18,22). The summed E-state index contributed by atoms with van der Waals surface area (Å²) >= 11 is 1.28. The number of nitrogen functional groups attached to an aromatic ring is 1. The highest BCUT2D eigenvalue weighted by atomic mass is 32.1. The lowest BCUT2D eigenvalue weighted by Gasteiger charge is -2.09. The quantitative estimate of drug-likeness (QED) is 0.693. The van der Waals surface area contributed by atoms with Gasteiger partial charge in [-0.05, 0) is 31.0 Å². The van der Waals surface area contributed by atoms with Crippen LogP contribution in [0.1, 0.15) is 22.6 Å². The molecule has 0 radical (unpaired) electrons. The van der Waals surface area contributed by atoms with Crippen LogP contribution in [0.2, 0.25) is 0 Å². The van der Waals surface area contributed by atoms with Crippen LogP contribution in [-0.4, -0.2) is 28.6 Å². The number of nitrogens with zero attached hydrogens (tertiary/aromatic N) is 2. The molecule has 8 heteroatoms. The Hall–Kier alpha value is -2.48. The van der Waals surface area contributed by atoms with E-state index in [9.17, 15) is 9.59 Å². The Morgan fingerprint density at radius 3 is 2.70 bits per heavy atom. The number of aromatic nitrogens is 2.